The third kappa shape index (κ3) is 3.69. The molecule has 2 heterocycles. The van der Waals surface area contributed by atoms with Gasteiger partial charge in [-0.15, -0.1) is 0 Å². The number of fused-ring (bicyclic) bond motifs is 1. The summed E-state index contributed by atoms with van der Waals surface area (Å²) in [6, 6.07) is 12.6. The third-order valence-electron chi connectivity index (χ3n) is 5.41. The number of rotatable bonds is 3. The van der Waals surface area contributed by atoms with E-state index in [0.717, 1.165) is 42.4 Å². The van der Waals surface area contributed by atoms with Gasteiger partial charge in [0, 0.05) is 26.2 Å². The van der Waals surface area contributed by atoms with Crippen molar-refractivity contribution in [2.75, 3.05) is 31.1 Å². The van der Waals surface area contributed by atoms with Crippen molar-refractivity contribution < 1.29 is 4.79 Å². The summed E-state index contributed by atoms with van der Waals surface area (Å²) in [5.74, 6) is 0.219. The van der Waals surface area contributed by atoms with Crippen LogP contribution >= 0.6 is 11.3 Å². The number of carbonyl (C=O) groups is 1. The van der Waals surface area contributed by atoms with E-state index in [1.165, 1.54) is 21.4 Å². The second-order valence-corrected chi connectivity index (χ2v) is 8.39. The van der Waals surface area contributed by atoms with Crippen molar-refractivity contribution in [1.29, 1.82) is 0 Å². The number of piperazine rings is 1. The monoisotopic (exact) mass is 379 g/mol. The number of nitrogens with zero attached hydrogens (tertiary/aromatic N) is 3. The van der Waals surface area contributed by atoms with E-state index < -0.39 is 0 Å². The van der Waals surface area contributed by atoms with Gasteiger partial charge in [-0.05, 0) is 43.5 Å². The summed E-state index contributed by atoms with van der Waals surface area (Å²) in [5.41, 5.74) is 5.96. The highest BCUT2D eigenvalue weighted by Gasteiger charge is 2.23. The molecule has 5 heteroatoms. The fourth-order valence-corrected chi connectivity index (χ4v) is 4.68. The predicted molar refractivity (Wildman–Crippen MR) is 113 cm³/mol. The maximum absolute atomic E-state index is 12.6. The minimum absolute atomic E-state index is 0.219. The molecule has 0 bridgehead atoms. The zero-order valence-electron chi connectivity index (χ0n) is 16.2. The van der Waals surface area contributed by atoms with E-state index in [-0.39, 0.29) is 5.91 Å². The Hall–Kier alpha value is -2.40. The van der Waals surface area contributed by atoms with Crippen LogP contribution in [0.25, 0.3) is 10.2 Å². The molecule has 0 aliphatic carbocycles. The highest BCUT2D eigenvalue weighted by atomic mass is 32.1. The molecule has 2 aromatic carbocycles. The van der Waals surface area contributed by atoms with Crippen molar-refractivity contribution >= 4 is 32.6 Å². The number of carbonyl (C=O) groups excluding carboxylic acids is 1. The zero-order chi connectivity index (χ0) is 19.0. The van der Waals surface area contributed by atoms with Crippen molar-refractivity contribution in [1.82, 2.24) is 9.88 Å². The first-order valence-electron chi connectivity index (χ1n) is 9.46. The van der Waals surface area contributed by atoms with E-state index in [1.54, 1.807) is 11.3 Å². The van der Waals surface area contributed by atoms with Crippen molar-refractivity contribution in [2.24, 2.45) is 0 Å². The first-order chi connectivity index (χ1) is 13.0. The molecule has 0 spiro atoms. The Labute approximate surface area is 164 Å². The number of amides is 1. The van der Waals surface area contributed by atoms with Crippen LogP contribution in [0.3, 0.4) is 0 Å². The molecule has 3 aromatic rings. The normalized spacial score (nSPS) is 14.8. The maximum atomic E-state index is 12.6. The van der Waals surface area contributed by atoms with E-state index in [9.17, 15) is 4.79 Å². The standard InChI is InChI=1S/C22H25N3OS/c1-15-5-4-6-18(13-15)14-20(26)24-9-11-25(12-10-24)22-23-21-17(3)16(2)7-8-19(21)27-22/h4-8,13H,9-12,14H2,1-3H3. The second kappa shape index (κ2) is 7.31. The highest BCUT2D eigenvalue weighted by Crippen LogP contribution is 2.32. The number of anilines is 1. The molecule has 0 atom stereocenters. The van der Waals surface area contributed by atoms with Gasteiger partial charge in [0.1, 0.15) is 0 Å². The second-order valence-electron chi connectivity index (χ2n) is 7.38. The van der Waals surface area contributed by atoms with Crippen LogP contribution in [0.15, 0.2) is 36.4 Å². The summed E-state index contributed by atoms with van der Waals surface area (Å²) in [5, 5.41) is 1.07. The SMILES string of the molecule is Cc1cccc(CC(=O)N2CCN(c3nc4c(C)c(C)ccc4s3)CC2)c1. The van der Waals surface area contributed by atoms with Gasteiger partial charge < -0.3 is 9.80 Å². The van der Waals surface area contributed by atoms with E-state index >= 15 is 0 Å². The van der Waals surface area contributed by atoms with Crippen LogP contribution in [0.5, 0.6) is 0 Å². The zero-order valence-corrected chi connectivity index (χ0v) is 17.0. The number of hydrogen-bond acceptors (Lipinski definition) is 4. The number of aromatic nitrogens is 1. The molecule has 27 heavy (non-hydrogen) atoms. The van der Waals surface area contributed by atoms with Crippen molar-refractivity contribution in [3.05, 3.63) is 58.7 Å². The van der Waals surface area contributed by atoms with Gasteiger partial charge in [-0.3, -0.25) is 4.79 Å². The minimum atomic E-state index is 0.219. The van der Waals surface area contributed by atoms with Crippen molar-refractivity contribution in [3.8, 4) is 0 Å². The van der Waals surface area contributed by atoms with Crippen LogP contribution in [0.4, 0.5) is 5.13 Å². The van der Waals surface area contributed by atoms with Gasteiger partial charge in [-0.2, -0.15) is 0 Å². The Morgan fingerprint density at radius 3 is 2.59 bits per heavy atom. The van der Waals surface area contributed by atoms with Gasteiger partial charge in [0.05, 0.1) is 16.6 Å². The summed E-state index contributed by atoms with van der Waals surface area (Å²) in [4.78, 5) is 21.8. The van der Waals surface area contributed by atoms with Gasteiger partial charge in [0.15, 0.2) is 5.13 Å². The number of hydrogen-bond donors (Lipinski definition) is 0. The summed E-state index contributed by atoms with van der Waals surface area (Å²) in [6.07, 6.45) is 0.487. The molecule has 0 radical (unpaired) electrons. The van der Waals surface area contributed by atoms with Gasteiger partial charge in [-0.25, -0.2) is 4.98 Å². The van der Waals surface area contributed by atoms with Crippen LogP contribution in [0, 0.1) is 20.8 Å². The number of aryl methyl sites for hydroxylation is 3. The molecule has 1 aliphatic heterocycles. The molecule has 0 unspecified atom stereocenters. The van der Waals surface area contributed by atoms with E-state index in [4.69, 9.17) is 4.98 Å². The first-order valence-corrected chi connectivity index (χ1v) is 10.3. The van der Waals surface area contributed by atoms with Gasteiger partial charge in [0.25, 0.3) is 0 Å². The molecular formula is C22H25N3OS. The smallest absolute Gasteiger partial charge is 0.227 e. The maximum Gasteiger partial charge on any atom is 0.227 e. The lowest BCUT2D eigenvalue weighted by atomic mass is 10.1. The van der Waals surface area contributed by atoms with Gasteiger partial charge >= 0.3 is 0 Å². The van der Waals surface area contributed by atoms with Gasteiger partial charge in [0.2, 0.25) is 5.91 Å². The lowest BCUT2D eigenvalue weighted by Gasteiger charge is -2.34. The van der Waals surface area contributed by atoms with E-state index in [2.05, 4.69) is 49.9 Å². The molecule has 0 saturated carbocycles. The molecule has 4 nitrogen and oxygen atoms in total. The molecule has 1 fully saturated rings. The topological polar surface area (TPSA) is 36.4 Å². The first kappa shape index (κ1) is 18.0. The summed E-state index contributed by atoms with van der Waals surface area (Å²) in [6.45, 7) is 9.55. The molecule has 1 aromatic heterocycles. The fraction of sp³-hybridized carbons (Fsp3) is 0.364. The molecule has 4 rings (SSSR count). The number of benzene rings is 2. The average molecular weight is 380 g/mol. The van der Waals surface area contributed by atoms with Crippen LogP contribution < -0.4 is 4.90 Å². The van der Waals surface area contributed by atoms with E-state index in [0.29, 0.717) is 6.42 Å². The van der Waals surface area contributed by atoms with Gasteiger partial charge in [-0.1, -0.05) is 47.2 Å². The predicted octanol–water partition coefficient (Wildman–Crippen LogP) is 4.11. The molecule has 140 valence electrons. The summed E-state index contributed by atoms with van der Waals surface area (Å²) < 4.78 is 1.24. The fourth-order valence-electron chi connectivity index (χ4n) is 3.61. The van der Waals surface area contributed by atoms with E-state index in [1.807, 2.05) is 17.0 Å². The Morgan fingerprint density at radius 1 is 1.07 bits per heavy atom. The quantitative estimate of drug-likeness (QED) is 0.687. The third-order valence-corrected chi connectivity index (χ3v) is 6.50. The highest BCUT2D eigenvalue weighted by molar-refractivity contribution is 7.22. The summed E-state index contributed by atoms with van der Waals surface area (Å²) >= 11 is 1.75. The Kier molecular flexibility index (Phi) is 4.87. The van der Waals surface area contributed by atoms with Crippen LogP contribution in [0.1, 0.15) is 22.3 Å². The Morgan fingerprint density at radius 2 is 1.85 bits per heavy atom. The molecule has 1 aliphatic rings. The Bertz CT molecular complexity index is 986. The average Bonchev–Trinajstić information content (AvgIpc) is 3.10. The summed E-state index contributed by atoms with van der Waals surface area (Å²) in [7, 11) is 0. The van der Waals surface area contributed by atoms with Crippen molar-refractivity contribution in [3.63, 3.8) is 0 Å². The molecular weight excluding hydrogens is 354 g/mol. The molecule has 0 N–H and O–H groups in total. The van der Waals surface area contributed by atoms with Crippen LogP contribution in [-0.4, -0.2) is 42.0 Å². The molecule has 1 saturated heterocycles. The van der Waals surface area contributed by atoms with Crippen LogP contribution in [-0.2, 0) is 11.2 Å². The number of thiazole rings is 1. The van der Waals surface area contributed by atoms with Crippen LogP contribution in [0.2, 0.25) is 0 Å². The minimum Gasteiger partial charge on any atom is -0.345 e. The lowest BCUT2D eigenvalue weighted by molar-refractivity contribution is -0.130. The lowest BCUT2D eigenvalue weighted by Crippen LogP contribution is -2.49. The largest absolute Gasteiger partial charge is 0.345 e. The molecule has 1 amide bonds. The van der Waals surface area contributed by atoms with Crippen molar-refractivity contribution in [2.45, 2.75) is 27.2 Å². The Balaban J connectivity index is 1.41.